The summed E-state index contributed by atoms with van der Waals surface area (Å²) in [5, 5.41) is 6.55. The number of hydrogen-bond acceptors (Lipinski definition) is 4. The fraction of sp³-hybridized carbons (Fsp3) is 0.353. The van der Waals surface area contributed by atoms with Gasteiger partial charge in [0.1, 0.15) is 6.04 Å². The molecule has 0 saturated heterocycles. The van der Waals surface area contributed by atoms with Crippen molar-refractivity contribution in [2.45, 2.75) is 33.4 Å². The van der Waals surface area contributed by atoms with Gasteiger partial charge in [0.05, 0.1) is 29.6 Å². The Morgan fingerprint density at radius 1 is 1.28 bits per heavy atom. The average molecular weight is 348 g/mol. The molecule has 0 aliphatic heterocycles. The minimum Gasteiger partial charge on any atom is -0.359 e. The number of hydrogen-bond donors (Lipinski definition) is 1. The highest BCUT2D eigenvalue weighted by Crippen LogP contribution is 2.25. The highest BCUT2D eigenvalue weighted by Gasteiger charge is 2.26. The number of benzene rings is 1. The molecule has 3 aromatic rings. The second kappa shape index (κ2) is 6.62. The number of aryl methyl sites for hydroxylation is 1. The highest BCUT2D eigenvalue weighted by atomic mass is 19.2. The van der Waals surface area contributed by atoms with Gasteiger partial charge in [-0.25, -0.2) is 13.8 Å². The molecular formula is C17H18F2N4O2. The second-order valence-corrected chi connectivity index (χ2v) is 6.25. The van der Waals surface area contributed by atoms with Gasteiger partial charge in [-0.3, -0.25) is 4.79 Å². The fourth-order valence-electron chi connectivity index (χ4n) is 2.77. The number of rotatable bonds is 5. The summed E-state index contributed by atoms with van der Waals surface area (Å²) in [7, 11) is 0. The molecule has 132 valence electrons. The summed E-state index contributed by atoms with van der Waals surface area (Å²) in [5.74, 6) is -1.77. The lowest BCUT2D eigenvalue weighted by atomic mass is 10.0. The van der Waals surface area contributed by atoms with Gasteiger partial charge in [-0.05, 0) is 12.8 Å². The maximum absolute atomic E-state index is 13.6. The van der Waals surface area contributed by atoms with E-state index in [0.717, 1.165) is 17.8 Å². The van der Waals surface area contributed by atoms with Crippen molar-refractivity contribution >= 4 is 16.9 Å². The Labute approximate surface area is 142 Å². The summed E-state index contributed by atoms with van der Waals surface area (Å²) in [6.07, 6.45) is 1.42. The molecule has 2 aromatic heterocycles. The number of fused-ring (bicyclic) bond motifs is 1. The molecule has 0 fully saturated rings. The normalized spacial score (nSPS) is 12.7. The van der Waals surface area contributed by atoms with Crippen LogP contribution in [0.3, 0.4) is 0 Å². The Kier molecular flexibility index (Phi) is 4.52. The summed E-state index contributed by atoms with van der Waals surface area (Å²) in [6, 6.07) is 3.18. The van der Waals surface area contributed by atoms with Crippen LogP contribution in [0.4, 0.5) is 8.78 Å². The first kappa shape index (κ1) is 17.1. The average Bonchev–Trinajstić information content (AvgIpc) is 3.13. The summed E-state index contributed by atoms with van der Waals surface area (Å²) in [4.78, 5) is 16.7. The van der Waals surface area contributed by atoms with Crippen molar-refractivity contribution < 1.29 is 18.1 Å². The lowest BCUT2D eigenvalue weighted by Gasteiger charge is -2.22. The summed E-state index contributed by atoms with van der Waals surface area (Å²) in [6.45, 7) is 5.72. The molecule has 0 radical (unpaired) electrons. The van der Waals surface area contributed by atoms with Crippen LogP contribution < -0.4 is 5.32 Å². The molecule has 0 spiro atoms. The van der Waals surface area contributed by atoms with Crippen molar-refractivity contribution in [3.05, 3.63) is 47.6 Å². The number of carbonyl (C=O) groups excluding carboxylic acids is 1. The standard InChI is InChI=1S/C17H18F2N4O2/c1-9(2)16(17(24)20-7-11-4-10(3)22-25-11)23-8-21-14-5-12(18)13(19)6-15(14)23/h4-6,8-9,16H,7H2,1-3H3,(H,20,24)/t16-/m0/s1. The first-order valence-electron chi connectivity index (χ1n) is 7.88. The van der Waals surface area contributed by atoms with E-state index in [-0.39, 0.29) is 18.4 Å². The topological polar surface area (TPSA) is 73.0 Å². The summed E-state index contributed by atoms with van der Waals surface area (Å²) < 4.78 is 33.6. The van der Waals surface area contributed by atoms with Crippen molar-refractivity contribution in [1.82, 2.24) is 20.0 Å². The van der Waals surface area contributed by atoms with Gasteiger partial charge < -0.3 is 14.4 Å². The Morgan fingerprint density at radius 2 is 2.00 bits per heavy atom. The molecule has 25 heavy (non-hydrogen) atoms. The maximum atomic E-state index is 13.6. The number of aromatic nitrogens is 3. The maximum Gasteiger partial charge on any atom is 0.243 e. The number of halogens is 2. The van der Waals surface area contributed by atoms with Crippen LogP contribution in [0, 0.1) is 24.5 Å². The third kappa shape index (κ3) is 3.38. The van der Waals surface area contributed by atoms with Crippen LogP contribution in [0.5, 0.6) is 0 Å². The molecule has 0 aliphatic rings. The Morgan fingerprint density at radius 3 is 2.64 bits per heavy atom. The van der Waals surface area contributed by atoms with Crippen LogP contribution in [-0.2, 0) is 11.3 Å². The van der Waals surface area contributed by atoms with E-state index in [2.05, 4.69) is 15.5 Å². The predicted octanol–water partition coefficient (Wildman–Crippen LogP) is 3.12. The minimum absolute atomic E-state index is 0.0954. The summed E-state index contributed by atoms with van der Waals surface area (Å²) >= 11 is 0. The van der Waals surface area contributed by atoms with Crippen LogP contribution in [0.25, 0.3) is 11.0 Å². The molecule has 1 aromatic carbocycles. The Balaban J connectivity index is 1.88. The van der Waals surface area contributed by atoms with E-state index in [4.69, 9.17) is 4.52 Å². The third-order valence-electron chi connectivity index (χ3n) is 3.93. The summed E-state index contributed by atoms with van der Waals surface area (Å²) in [5.41, 5.74) is 1.38. The molecule has 3 rings (SSSR count). The van der Waals surface area contributed by atoms with E-state index >= 15 is 0 Å². The molecule has 1 amide bonds. The first-order valence-corrected chi connectivity index (χ1v) is 7.88. The van der Waals surface area contributed by atoms with Crippen molar-refractivity contribution in [2.75, 3.05) is 0 Å². The van der Waals surface area contributed by atoms with Crippen LogP contribution in [0.15, 0.2) is 29.0 Å². The zero-order chi connectivity index (χ0) is 18.1. The fourth-order valence-corrected chi connectivity index (χ4v) is 2.77. The third-order valence-corrected chi connectivity index (χ3v) is 3.93. The molecule has 0 unspecified atom stereocenters. The van der Waals surface area contributed by atoms with E-state index < -0.39 is 17.7 Å². The molecule has 1 atom stereocenters. The van der Waals surface area contributed by atoms with Crippen molar-refractivity contribution in [3.63, 3.8) is 0 Å². The lowest BCUT2D eigenvalue weighted by molar-refractivity contribution is -0.125. The molecular weight excluding hydrogens is 330 g/mol. The number of carbonyl (C=O) groups is 1. The van der Waals surface area contributed by atoms with Crippen LogP contribution >= 0.6 is 0 Å². The Hall–Kier alpha value is -2.77. The first-order chi connectivity index (χ1) is 11.9. The number of nitrogens with zero attached hydrogens (tertiary/aromatic N) is 3. The van der Waals surface area contributed by atoms with E-state index in [0.29, 0.717) is 16.8 Å². The lowest BCUT2D eigenvalue weighted by Crippen LogP contribution is -2.34. The van der Waals surface area contributed by atoms with Gasteiger partial charge >= 0.3 is 0 Å². The van der Waals surface area contributed by atoms with E-state index in [9.17, 15) is 13.6 Å². The van der Waals surface area contributed by atoms with Crippen LogP contribution in [0.1, 0.15) is 31.3 Å². The molecule has 0 bridgehead atoms. The Bertz CT molecular complexity index is 917. The molecule has 0 saturated carbocycles. The SMILES string of the molecule is Cc1cc(CNC(=O)[C@H](C(C)C)n2cnc3cc(F)c(F)cc32)on1. The van der Waals surface area contributed by atoms with Gasteiger partial charge in [-0.1, -0.05) is 19.0 Å². The zero-order valence-corrected chi connectivity index (χ0v) is 14.1. The molecule has 8 heteroatoms. The van der Waals surface area contributed by atoms with E-state index in [1.165, 1.54) is 6.33 Å². The van der Waals surface area contributed by atoms with Crippen LogP contribution in [-0.4, -0.2) is 20.6 Å². The zero-order valence-electron chi connectivity index (χ0n) is 14.1. The minimum atomic E-state index is -0.978. The van der Waals surface area contributed by atoms with E-state index in [1.807, 2.05) is 13.8 Å². The van der Waals surface area contributed by atoms with Crippen LogP contribution in [0.2, 0.25) is 0 Å². The van der Waals surface area contributed by atoms with Gasteiger partial charge in [0, 0.05) is 18.2 Å². The van der Waals surface area contributed by atoms with Crippen molar-refractivity contribution in [3.8, 4) is 0 Å². The quantitative estimate of drug-likeness (QED) is 0.769. The largest absolute Gasteiger partial charge is 0.359 e. The van der Waals surface area contributed by atoms with Gasteiger partial charge in [0.25, 0.3) is 0 Å². The van der Waals surface area contributed by atoms with Gasteiger partial charge in [0.15, 0.2) is 17.4 Å². The van der Waals surface area contributed by atoms with Gasteiger partial charge in [-0.2, -0.15) is 0 Å². The molecule has 2 heterocycles. The van der Waals surface area contributed by atoms with Gasteiger partial charge in [0.2, 0.25) is 5.91 Å². The van der Waals surface area contributed by atoms with Crippen molar-refractivity contribution in [2.24, 2.45) is 5.92 Å². The number of amides is 1. The number of nitrogens with one attached hydrogen (secondary N) is 1. The monoisotopic (exact) mass is 348 g/mol. The molecule has 6 nitrogen and oxygen atoms in total. The second-order valence-electron chi connectivity index (χ2n) is 6.25. The van der Waals surface area contributed by atoms with Crippen molar-refractivity contribution in [1.29, 1.82) is 0 Å². The van der Waals surface area contributed by atoms with E-state index in [1.54, 1.807) is 17.6 Å². The number of imidazole rings is 1. The molecule has 1 N–H and O–H groups in total. The molecule has 0 aliphatic carbocycles. The smallest absolute Gasteiger partial charge is 0.243 e. The predicted molar refractivity (Wildman–Crippen MR) is 86.6 cm³/mol. The van der Waals surface area contributed by atoms with Gasteiger partial charge in [-0.15, -0.1) is 0 Å². The highest BCUT2D eigenvalue weighted by molar-refractivity contribution is 5.84.